The van der Waals surface area contributed by atoms with Gasteiger partial charge in [0.1, 0.15) is 24.7 Å². The van der Waals surface area contributed by atoms with Gasteiger partial charge in [0.05, 0.1) is 5.56 Å². The molecular formula is C41H46O6. The highest BCUT2D eigenvalue weighted by Gasteiger charge is 2.28. The smallest absolute Gasteiger partial charge is 0.335 e. The van der Waals surface area contributed by atoms with E-state index in [4.69, 9.17) is 14.6 Å². The maximum Gasteiger partial charge on any atom is 0.335 e. The molecular weight excluding hydrogens is 588 g/mol. The Balaban J connectivity index is 1.21. The van der Waals surface area contributed by atoms with Gasteiger partial charge >= 0.3 is 11.9 Å². The quantitative estimate of drug-likeness (QED) is 0.106. The van der Waals surface area contributed by atoms with Crippen LogP contribution in [0.2, 0.25) is 0 Å². The van der Waals surface area contributed by atoms with Gasteiger partial charge in [-0.3, -0.25) is 4.79 Å². The fraction of sp³-hybridized carbons (Fsp3) is 0.366. The van der Waals surface area contributed by atoms with Gasteiger partial charge in [0.2, 0.25) is 0 Å². The standard InChI is InChI=1S/C41H46O6/c42-40(43)18-7-2-1-6-13-32(37-16-10-15-34-27-35(41(44)45)23-26-38(34)37)21-22-33-14-8-9-17-39(33)47-29-31-19-24-36(25-20-31)46-28-30-11-4-3-5-12-30/h3-5,8-9,11-12,14,17,19-20,23-27,32,37H,1-2,6-7,10,13,15-16,18,21-22,28-29H2,(H,42,43)(H,44,45). The summed E-state index contributed by atoms with van der Waals surface area (Å²) in [6, 6.07) is 32.2. The summed E-state index contributed by atoms with van der Waals surface area (Å²) < 4.78 is 12.3. The number of carboxylic acid groups (broad SMARTS) is 2. The third-order valence-corrected chi connectivity index (χ3v) is 9.36. The fourth-order valence-electron chi connectivity index (χ4n) is 6.83. The van der Waals surface area contributed by atoms with E-state index in [1.807, 2.05) is 60.7 Å². The minimum absolute atomic E-state index is 0.230. The highest BCUT2D eigenvalue weighted by atomic mass is 16.5. The molecule has 2 atom stereocenters. The van der Waals surface area contributed by atoms with Gasteiger partial charge in [0, 0.05) is 6.42 Å². The first-order valence-corrected chi connectivity index (χ1v) is 17.0. The Hall–Kier alpha value is -4.58. The Morgan fingerprint density at radius 1 is 0.745 bits per heavy atom. The van der Waals surface area contributed by atoms with Crippen molar-refractivity contribution in [3.63, 3.8) is 0 Å². The molecule has 0 amide bonds. The highest BCUT2D eigenvalue weighted by Crippen LogP contribution is 2.42. The summed E-state index contributed by atoms with van der Waals surface area (Å²) >= 11 is 0. The summed E-state index contributed by atoms with van der Waals surface area (Å²) in [6.07, 6.45) is 10.0. The second-order valence-corrected chi connectivity index (χ2v) is 12.7. The molecule has 0 saturated carbocycles. The van der Waals surface area contributed by atoms with E-state index in [0.717, 1.165) is 86.8 Å². The summed E-state index contributed by atoms with van der Waals surface area (Å²) in [7, 11) is 0. The van der Waals surface area contributed by atoms with Crippen LogP contribution in [0.15, 0.2) is 97.1 Å². The lowest BCUT2D eigenvalue weighted by Crippen LogP contribution is -2.20. The van der Waals surface area contributed by atoms with Crippen LogP contribution in [0.4, 0.5) is 0 Å². The predicted octanol–water partition coefficient (Wildman–Crippen LogP) is 9.64. The number of carbonyl (C=O) groups is 2. The van der Waals surface area contributed by atoms with Gasteiger partial charge in [-0.15, -0.1) is 0 Å². The van der Waals surface area contributed by atoms with Crippen molar-refractivity contribution < 1.29 is 29.3 Å². The molecule has 6 nitrogen and oxygen atoms in total. The number of aliphatic carboxylic acids is 1. The van der Waals surface area contributed by atoms with Gasteiger partial charge in [-0.1, -0.05) is 86.0 Å². The fourth-order valence-corrected chi connectivity index (χ4v) is 6.83. The average molecular weight is 635 g/mol. The Labute approximate surface area is 278 Å². The number of carboxylic acids is 2. The molecule has 246 valence electrons. The monoisotopic (exact) mass is 634 g/mol. The van der Waals surface area contributed by atoms with Crippen LogP contribution in [-0.2, 0) is 30.8 Å². The van der Waals surface area contributed by atoms with Gasteiger partial charge in [-0.2, -0.15) is 0 Å². The van der Waals surface area contributed by atoms with E-state index in [2.05, 4.69) is 30.3 Å². The number of aromatic carboxylic acids is 1. The largest absolute Gasteiger partial charge is 0.489 e. The van der Waals surface area contributed by atoms with Gasteiger partial charge in [-0.25, -0.2) is 4.79 Å². The van der Waals surface area contributed by atoms with Crippen molar-refractivity contribution in [3.05, 3.63) is 130 Å². The number of hydrogen-bond acceptors (Lipinski definition) is 4. The zero-order chi connectivity index (χ0) is 32.8. The molecule has 0 aliphatic heterocycles. The number of aryl methyl sites for hydroxylation is 2. The topological polar surface area (TPSA) is 93.1 Å². The molecule has 5 rings (SSSR count). The van der Waals surface area contributed by atoms with Gasteiger partial charge in [0.25, 0.3) is 0 Å². The van der Waals surface area contributed by atoms with E-state index < -0.39 is 11.9 Å². The van der Waals surface area contributed by atoms with Crippen LogP contribution in [0.3, 0.4) is 0 Å². The number of para-hydroxylation sites is 1. The zero-order valence-electron chi connectivity index (χ0n) is 27.1. The van der Waals surface area contributed by atoms with Crippen LogP contribution in [0.5, 0.6) is 11.5 Å². The van der Waals surface area contributed by atoms with Crippen LogP contribution in [0.1, 0.15) is 102 Å². The molecule has 47 heavy (non-hydrogen) atoms. The first kappa shape index (κ1) is 33.8. The molecule has 1 aliphatic rings. The lowest BCUT2D eigenvalue weighted by molar-refractivity contribution is -0.137. The van der Waals surface area contributed by atoms with E-state index in [9.17, 15) is 14.7 Å². The minimum Gasteiger partial charge on any atom is -0.489 e. The molecule has 0 bridgehead atoms. The molecule has 0 spiro atoms. The number of ether oxygens (including phenoxy) is 2. The Kier molecular flexibility index (Phi) is 12.5. The Bertz CT molecular complexity index is 1580. The van der Waals surface area contributed by atoms with E-state index in [0.29, 0.717) is 30.6 Å². The third kappa shape index (κ3) is 10.2. The molecule has 6 heteroatoms. The third-order valence-electron chi connectivity index (χ3n) is 9.36. The van der Waals surface area contributed by atoms with Crippen LogP contribution in [0, 0.1) is 5.92 Å². The van der Waals surface area contributed by atoms with E-state index in [1.54, 1.807) is 6.07 Å². The molecule has 2 unspecified atom stereocenters. The van der Waals surface area contributed by atoms with Crippen LogP contribution < -0.4 is 9.47 Å². The summed E-state index contributed by atoms with van der Waals surface area (Å²) in [4.78, 5) is 22.6. The van der Waals surface area contributed by atoms with Crippen molar-refractivity contribution in [3.8, 4) is 11.5 Å². The van der Waals surface area contributed by atoms with E-state index in [1.165, 1.54) is 16.7 Å². The van der Waals surface area contributed by atoms with Gasteiger partial charge in [-0.05, 0) is 115 Å². The minimum atomic E-state index is -0.878. The zero-order valence-corrected chi connectivity index (χ0v) is 27.1. The van der Waals surface area contributed by atoms with Crippen molar-refractivity contribution in [2.75, 3.05) is 0 Å². The van der Waals surface area contributed by atoms with Gasteiger partial charge in [0.15, 0.2) is 0 Å². The summed E-state index contributed by atoms with van der Waals surface area (Å²) in [6.45, 7) is 1.00. The average Bonchev–Trinajstić information content (AvgIpc) is 3.10. The van der Waals surface area contributed by atoms with Crippen molar-refractivity contribution in [1.29, 1.82) is 0 Å². The molecule has 0 fully saturated rings. The van der Waals surface area contributed by atoms with Crippen LogP contribution >= 0.6 is 0 Å². The van der Waals surface area contributed by atoms with Crippen LogP contribution in [-0.4, -0.2) is 22.2 Å². The Morgan fingerprint density at radius 2 is 1.47 bits per heavy atom. The first-order valence-electron chi connectivity index (χ1n) is 17.0. The van der Waals surface area contributed by atoms with E-state index >= 15 is 0 Å². The van der Waals surface area contributed by atoms with Gasteiger partial charge < -0.3 is 19.7 Å². The number of rotatable bonds is 18. The van der Waals surface area contributed by atoms with Crippen molar-refractivity contribution in [2.24, 2.45) is 5.92 Å². The number of hydrogen-bond donors (Lipinski definition) is 2. The SMILES string of the molecule is O=C(O)CCCCCCC(CCc1ccccc1OCc1ccc(OCc2ccccc2)cc1)C1CCCc2cc(C(=O)O)ccc21. The molecule has 0 aromatic heterocycles. The second-order valence-electron chi connectivity index (χ2n) is 12.7. The number of unbranched alkanes of at least 4 members (excludes halogenated alkanes) is 3. The maximum absolute atomic E-state index is 11.6. The molecule has 0 saturated heterocycles. The summed E-state index contributed by atoms with van der Waals surface area (Å²) in [5.41, 5.74) is 6.24. The predicted molar refractivity (Wildman–Crippen MR) is 184 cm³/mol. The molecule has 1 aliphatic carbocycles. The number of benzene rings is 4. The van der Waals surface area contributed by atoms with Crippen LogP contribution in [0.25, 0.3) is 0 Å². The summed E-state index contributed by atoms with van der Waals surface area (Å²) in [5.74, 6) is 0.954. The number of fused-ring (bicyclic) bond motifs is 1. The van der Waals surface area contributed by atoms with Crippen molar-refractivity contribution >= 4 is 11.9 Å². The summed E-state index contributed by atoms with van der Waals surface area (Å²) in [5, 5.41) is 18.5. The lowest BCUT2D eigenvalue weighted by Gasteiger charge is -2.33. The van der Waals surface area contributed by atoms with Crippen molar-refractivity contribution in [1.82, 2.24) is 0 Å². The molecule has 2 N–H and O–H groups in total. The second kappa shape index (κ2) is 17.4. The Morgan fingerprint density at radius 3 is 2.26 bits per heavy atom. The highest BCUT2D eigenvalue weighted by molar-refractivity contribution is 5.88. The maximum atomic E-state index is 11.6. The normalized spacial score (nSPS) is 14.6. The van der Waals surface area contributed by atoms with E-state index in [-0.39, 0.29) is 6.42 Å². The molecule has 4 aromatic rings. The van der Waals surface area contributed by atoms with Crippen molar-refractivity contribution in [2.45, 2.75) is 89.8 Å². The molecule has 0 radical (unpaired) electrons. The first-order chi connectivity index (χ1) is 23.0. The molecule has 0 heterocycles. The molecule has 4 aromatic carbocycles. The lowest BCUT2D eigenvalue weighted by atomic mass is 9.72.